The van der Waals surface area contributed by atoms with Crippen molar-refractivity contribution in [3.63, 3.8) is 0 Å². The van der Waals surface area contributed by atoms with E-state index >= 15 is 0 Å². The van der Waals surface area contributed by atoms with Gasteiger partial charge in [-0.1, -0.05) is 80.0 Å². The fourth-order valence-corrected chi connectivity index (χ4v) is 3.99. The molecule has 174 valence electrons. The summed E-state index contributed by atoms with van der Waals surface area (Å²) in [6.45, 7) is 10.5. The number of carbonyl (C=O) groups is 2. The third-order valence-electron chi connectivity index (χ3n) is 5.98. The molecule has 2 atom stereocenters. The first-order valence-corrected chi connectivity index (χ1v) is 11.9. The summed E-state index contributed by atoms with van der Waals surface area (Å²) in [7, 11) is 1.17. The van der Waals surface area contributed by atoms with Gasteiger partial charge in [0.1, 0.15) is 5.92 Å². The summed E-state index contributed by atoms with van der Waals surface area (Å²) >= 11 is 0. The highest BCUT2D eigenvalue weighted by Gasteiger charge is 2.33. The van der Waals surface area contributed by atoms with Gasteiger partial charge in [0.15, 0.2) is 5.78 Å². The second kappa shape index (κ2) is 14.7. The molecule has 2 rings (SSSR count). The summed E-state index contributed by atoms with van der Waals surface area (Å²) in [5, 5.41) is 0. The van der Waals surface area contributed by atoms with Crippen LogP contribution >= 0.6 is 9.12 Å². The zero-order valence-electron chi connectivity index (χ0n) is 20.2. The van der Waals surface area contributed by atoms with Gasteiger partial charge in [0.2, 0.25) is 0 Å². The van der Waals surface area contributed by atoms with Gasteiger partial charge in [-0.05, 0) is 61.9 Å². The molecule has 4 nitrogen and oxygen atoms in total. The second-order valence-corrected chi connectivity index (χ2v) is 8.28. The lowest BCUT2D eigenvalue weighted by molar-refractivity contribution is -0.144. The monoisotopic (exact) mass is 457 g/mol. The molecule has 0 bridgehead atoms. The summed E-state index contributed by atoms with van der Waals surface area (Å²) in [4.78, 5) is 26.6. The van der Waals surface area contributed by atoms with Crippen LogP contribution in [0.3, 0.4) is 0 Å². The number of benzene rings is 2. The van der Waals surface area contributed by atoms with E-state index in [2.05, 4.69) is 6.92 Å². The number of carbonyl (C=O) groups excluding carboxylic acids is 2. The van der Waals surface area contributed by atoms with Crippen molar-refractivity contribution in [3.05, 3.63) is 69.8 Å². The Labute approximate surface area is 195 Å². The lowest BCUT2D eigenvalue weighted by Gasteiger charge is -2.20. The van der Waals surface area contributed by atoms with Crippen LogP contribution in [0, 0.1) is 27.7 Å². The Balaban J connectivity index is 0.00000249. The highest BCUT2D eigenvalue weighted by atomic mass is 31.0. The number of esters is 1. The SMILES string of the molecule is CCCCCCCCOC(=O)C(C(=O)c1c(C)cc(C)c(C)c1C)c1ccccc1.O=[PH2+]. The third kappa shape index (κ3) is 7.67. The fourth-order valence-electron chi connectivity index (χ4n) is 3.99. The summed E-state index contributed by atoms with van der Waals surface area (Å²) in [5.41, 5.74) is 5.43. The van der Waals surface area contributed by atoms with Crippen LogP contribution in [0.15, 0.2) is 36.4 Å². The quantitative estimate of drug-likeness (QED) is 0.120. The molecule has 0 aliphatic rings. The van der Waals surface area contributed by atoms with Crippen molar-refractivity contribution < 1.29 is 18.9 Å². The van der Waals surface area contributed by atoms with E-state index in [9.17, 15) is 9.59 Å². The first kappa shape index (κ1) is 27.7. The van der Waals surface area contributed by atoms with Gasteiger partial charge >= 0.3 is 15.1 Å². The van der Waals surface area contributed by atoms with E-state index in [0.717, 1.165) is 41.5 Å². The smallest absolute Gasteiger partial charge is 0.321 e. The highest BCUT2D eigenvalue weighted by molar-refractivity contribution is 7.00. The molecule has 0 saturated heterocycles. The van der Waals surface area contributed by atoms with Gasteiger partial charge in [0.05, 0.1) is 6.61 Å². The lowest BCUT2D eigenvalue weighted by Crippen LogP contribution is -2.26. The van der Waals surface area contributed by atoms with Crippen LogP contribution in [0.5, 0.6) is 0 Å². The van der Waals surface area contributed by atoms with Crippen LogP contribution in [0.2, 0.25) is 0 Å². The minimum atomic E-state index is -0.925. The van der Waals surface area contributed by atoms with E-state index in [4.69, 9.17) is 9.30 Å². The molecule has 0 aliphatic carbocycles. The van der Waals surface area contributed by atoms with Gasteiger partial charge < -0.3 is 4.74 Å². The minimum Gasteiger partial charge on any atom is -0.465 e. The standard InChI is InChI=1S/C27H36O3.H2OP/c1-6-7-8-9-10-14-17-30-27(29)25(23-15-12-11-13-16-23)26(28)24-20(3)18-19(2)21(4)22(24)5;1-2/h11-13,15-16,18,25H,6-10,14,17H2,1-5H3;2H2/q;+1. The number of ether oxygens (including phenoxy) is 1. The van der Waals surface area contributed by atoms with Crippen LogP contribution in [0.4, 0.5) is 0 Å². The maximum Gasteiger partial charge on any atom is 0.321 e. The summed E-state index contributed by atoms with van der Waals surface area (Å²) in [5.74, 6) is -1.55. The predicted molar refractivity (Wildman–Crippen MR) is 134 cm³/mol. The molecule has 2 aromatic rings. The van der Waals surface area contributed by atoms with Crippen LogP contribution in [-0.2, 0) is 14.1 Å². The molecule has 0 N–H and O–H groups in total. The highest BCUT2D eigenvalue weighted by Crippen LogP contribution is 2.29. The van der Waals surface area contributed by atoms with Gasteiger partial charge in [0, 0.05) is 5.56 Å². The molecule has 5 heteroatoms. The largest absolute Gasteiger partial charge is 0.465 e. The van der Waals surface area contributed by atoms with Crippen molar-refractivity contribution in [2.45, 2.75) is 79.1 Å². The third-order valence-corrected chi connectivity index (χ3v) is 5.98. The van der Waals surface area contributed by atoms with Crippen LogP contribution < -0.4 is 0 Å². The molecule has 0 spiro atoms. The number of ketones is 1. The summed E-state index contributed by atoms with van der Waals surface area (Å²) in [6.07, 6.45) is 6.74. The van der Waals surface area contributed by atoms with Crippen molar-refractivity contribution in [2.24, 2.45) is 0 Å². The number of Topliss-reactive ketones (excluding diaryl/α,β-unsaturated/α-hetero) is 1. The normalized spacial score (nSPS) is 11.3. The Hall–Kier alpha value is -2.32. The number of aryl methyl sites for hydroxylation is 2. The van der Waals surface area contributed by atoms with Crippen LogP contribution in [0.1, 0.15) is 89.5 Å². The molecule has 0 amide bonds. The molecular formula is C27H38O4P+. The summed E-state index contributed by atoms with van der Waals surface area (Å²) in [6, 6.07) is 11.3. The van der Waals surface area contributed by atoms with Crippen molar-refractivity contribution in [1.29, 1.82) is 0 Å². The van der Waals surface area contributed by atoms with Crippen molar-refractivity contribution >= 4 is 20.9 Å². The Morgan fingerprint density at radius 3 is 2.06 bits per heavy atom. The Bertz CT molecular complexity index is 877. The van der Waals surface area contributed by atoms with Crippen molar-refractivity contribution in [3.8, 4) is 0 Å². The molecule has 0 saturated carbocycles. The number of hydrogen-bond acceptors (Lipinski definition) is 4. The van der Waals surface area contributed by atoms with E-state index < -0.39 is 11.9 Å². The molecule has 0 heterocycles. The van der Waals surface area contributed by atoms with Crippen LogP contribution in [0.25, 0.3) is 0 Å². The van der Waals surface area contributed by atoms with Gasteiger partial charge in [-0.25, -0.2) is 0 Å². The van der Waals surface area contributed by atoms with Crippen molar-refractivity contribution in [2.75, 3.05) is 6.61 Å². The zero-order valence-corrected chi connectivity index (χ0v) is 21.4. The van der Waals surface area contributed by atoms with Gasteiger partial charge in [0.25, 0.3) is 0 Å². The minimum absolute atomic E-state index is 0.174. The topological polar surface area (TPSA) is 60.4 Å². The molecule has 0 radical (unpaired) electrons. The second-order valence-electron chi connectivity index (χ2n) is 8.28. The van der Waals surface area contributed by atoms with E-state index in [1.54, 1.807) is 0 Å². The van der Waals surface area contributed by atoms with Gasteiger partial charge in [-0.3, -0.25) is 9.59 Å². The van der Waals surface area contributed by atoms with E-state index in [-0.39, 0.29) is 5.78 Å². The maximum atomic E-state index is 13.6. The van der Waals surface area contributed by atoms with Crippen LogP contribution in [-0.4, -0.2) is 18.4 Å². The molecule has 0 aromatic heterocycles. The molecular weight excluding hydrogens is 419 g/mol. The summed E-state index contributed by atoms with van der Waals surface area (Å²) < 4.78 is 13.7. The van der Waals surface area contributed by atoms with E-state index in [0.29, 0.717) is 17.7 Å². The Kier molecular flexibility index (Phi) is 12.7. The number of unbranched alkanes of at least 4 members (excludes halogenated alkanes) is 5. The Morgan fingerprint density at radius 2 is 1.44 bits per heavy atom. The Morgan fingerprint density at radius 1 is 0.844 bits per heavy atom. The predicted octanol–water partition coefficient (Wildman–Crippen LogP) is 7.00. The van der Waals surface area contributed by atoms with Gasteiger partial charge in [-0.2, -0.15) is 0 Å². The average Bonchev–Trinajstić information content (AvgIpc) is 2.79. The number of rotatable bonds is 11. The maximum absolute atomic E-state index is 13.6. The van der Waals surface area contributed by atoms with E-state index in [1.165, 1.54) is 28.4 Å². The van der Waals surface area contributed by atoms with E-state index in [1.807, 2.05) is 64.1 Å². The number of hydrogen-bond donors (Lipinski definition) is 0. The lowest BCUT2D eigenvalue weighted by atomic mass is 9.84. The zero-order chi connectivity index (χ0) is 24.1. The molecule has 2 unspecified atom stereocenters. The first-order chi connectivity index (χ1) is 15.4. The fraction of sp³-hybridized carbons (Fsp3) is 0.481. The molecule has 32 heavy (non-hydrogen) atoms. The molecule has 2 aromatic carbocycles. The molecule has 0 aliphatic heterocycles. The van der Waals surface area contributed by atoms with Gasteiger partial charge in [-0.15, -0.1) is 0 Å². The molecule has 0 fully saturated rings. The average molecular weight is 458 g/mol. The van der Waals surface area contributed by atoms with Crippen molar-refractivity contribution in [1.82, 2.24) is 0 Å². The first-order valence-electron chi connectivity index (χ1n) is 11.4.